The quantitative estimate of drug-likeness (QED) is 0.370. The second-order valence-electron chi connectivity index (χ2n) is 9.60. The summed E-state index contributed by atoms with van der Waals surface area (Å²) in [6.07, 6.45) is -3.02. The van der Waals surface area contributed by atoms with Crippen molar-refractivity contribution in [2.75, 3.05) is 19.7 Å². The molecule has 4 N–H and O–H groups in total. The van der Waals surface area contributed by atoms with Crippen LogP contribution in [0.5, 0.6) is 0 Å². The molecule has 15 heteroatoms. The SMILES string of the molecule is N#C[C@@H](C[C@@H]1CCCNC1=O)C1(C(N)=O)C2CCCC2CN1C(=O)[C@H](COC(F)F)NC(=O)C(F)(F)F. The topological polar surface area (TPSA) is 155 Å². The summed E-state index contributed by atoms with van der Waals surface area (Å²) in [5, 5.41) is 14.2. The van der Waals surface area contributed by atoms with E-state index < -0.39 is 66.5 Å². The Bertz CT molecular complexity index is 957. The van der Waals surface area contributed by atoms with Gasteiger partial charge < -0.3 is 26.0 Å². The Hall–Kier alpha value is -3.02. The fourth-order valence-corrected chi connectivity index (χ4v) is 6.07. The highest BCUT2D eigenvalue weighted by Crippen LogP contribution is 2.53. The van der Waals surface area contributed by atoms with E-state index in [-0.39, 0.29) is 24.8 Å². The van der Waals surface area contributed by atoms with Gasteiger partial charge in [-0.1, -0.05) is 6.42 Å². The smallest absolute Gasteiger partial charge is 0.368 e. The van der Waals surface area contributed by atoms with Gasteiger partial charge in [-0.2, -0.15) is 27.2 Å². The first-order chi connectivity index (χ1) is 17.3. The van der Waals surface area contributed by atoms with Gasteiger partial charge in [-0.3, -0.25) is 19.2 Å². The van der Waals surface area contributed by atoms with Crippen molar-refractivity contribution in [1.29, 1.82) is 5.26 Å². The van der Waals surface area contributed by atoms with Gasteiger partial charge in [-0.05, 0) is 43.9 Å². The summed E-state index contributed by atoms with van der Waals surface area (Å²) in [6.45, 7) is -4.53. The fraction of sp³-hybridized carbons (Fsp3) is 0.773. The maximum absolute atomic E-state index is 13.6. The van der Waals surface area contributed by atoms with Crippen LogP contribution in [-0.4, -0.2) is 72.6 Å². The lowest BCUT2D eigenvalue weighted by molar-refractivity contribution is -0.179. The van der Waals surface area contributed by atoms with Crippen molar-refractivity contribution in [3.05, 3.63) is 0 Å². The average molecular weight is 537 g/mol. The lowest BCUT2D eigenvalue weighted by Gasteiger charge is -2.44. The Labute approximate surface area is 209 Å². The van der Waals surface area contributed by atoms with E-state index in [1.54, 1.807) is 0 Å². The molecule has 2 saturated heterocycles. The zero-order valence-electron chi connectivity index (χ0n) is 19.7. The van der Waals surface area contributed by atoms with Crippen LogP contribution >= 0.6 is 0 Å². The summed E-state index contributed by atoms with van der Waals surface area (Å²) in [6, 6.07) is -0.246. The van der Waals surface area contributed by atoms with Gasteiger partial charge in [0.2, 0.25) is 17.7 Å². The molecule has 0 aromatic rings. The van der Waals surface area contributed by atoms with Crippen molar-refractivity contribution in [2.24, 2.45) is 29.4 Å². The summed E-state index contributed by atoms with van der Waals surface area (Å²) in [5.41, 5.74) is 3.81. The summed E-state index contributed by atoms with van der Waals surface area (Å²) in [7, 11) is 0. The van der Waals surface area contributed by atoms with Crippen molar-refractivity contribution < 1.29 is 45.9 Å². The molecule has 0 aromatic carbocycles. The average Bonchev–Trinajstić information content (AvgIpc) is 3.40. The van der Waals surface area contributed by atoms with Gasteiger partial charge in [0.1, 0.15) is 11.6 Å². The Kier molecular flexibility index (Phi) is 8.61. The van der Waals surface area contributed by atoms with Crippen LogP contribution in [0.1, 0.15) is 38.5 Å². The number of hydrogen-bond acceptors (Lipinski definition) is 6. The zero-order valence-corrected chi connectivity index (χ0v) is 19.7. The number of amides is 4. The first kappa shape index (κ1) is 28.5. The van der Waals surface area contributed by atoms with Crippen LogP contribution in [0.25, 0.3) is 0 Å². The van der Waals surface area contributed by atoms with E-state index in [9.17, 15) is 46.4 Å². The van der Waals surface area contributed by atoms with Crippen LogP contribution in [0.2, 0.25) is 0 Å². The molecule has 2 aliphatic heterocycles. The molecule has 0 bridgehead atoms. The minimum Gasteiger partial charge on any atom is -0.368 e. The van der Waals surface area contributed by atoms with Crippen LogP contribution in [0.15, 0.2) is 0 Å². The normalized spacial score (nSPS) is 29.3. The van der Waals surface area contributed by atoms with Crippen molar-refractivity contribution in [3.8, 4) is 6.07 Å². The standard InChI is InChI=1S/C22H28F5N5O5/c23-20(24)37-10-15(31-19(36)22(25,26)27)17(34)32-9-12-3-1-5-14(12)21(32,18(29)35)13(8-28)7-11-4-2-6-30-16(11)33/h11-15,20H,1-7,9-10H2,(H2,29,35)(H,30,33)(H,31,36)/t11-,12?,13+,14?,15-,21?/m0/s1. The van der Waals surface area contributed by atoms with Crippen molar-refractivity contribution >= 4 is 23.6 Å². The molecule has 4 amide bonds. The zero-order chi connectivity index (χ0) is 27.5. The molecule has 2 heterocycles. The number of halogens is 5. The third-order valence-corrected chi connectivity index (χ3v) is 7.61. The number of hydrogen-bond donors (Lipinski definition) is 3. The molecule has 1 aliphatic carbocycles. The van der Waals surface area contributed by atoms with Crippen LogP contribution in [0, 0.1) is 35.0 Å². The lowest BCUT2D eigenvalue weighted by atomic mass is 9.68. The second-order valence-corrected chi connectivity index (χ2v) is 9.60. The molecule has 3 unspecified atom stereocenters. The molecule has 6 atom stereocenters. The molecule has 206 valence electrons. The molecule has 10 nitrogen and oxygen atoms in total. The molecule has 0 aromatic heterocycles. The molecule has 3 fully saturated rings. The molecular formula is C22H28F5N5O5. The van der Waals surface area contributed by atoms with Crippen LogP contribution in [-0.2, 0) is 23.9 Å². The summed E-state index contributed by atoms with van der Waals surface area (Å²) < 4.78 is 68.2. The highest BCUT2D eigenvalue weighted by Gasteiger charge is 2.65. The number of piperidine rings is 1. The van der Waals surface area contributed by atoms with E-state index >= 15 is 0 Å². The lowest BCUT2D eigenvalue weighted by Crippen LogP contribution is -2.67. The molecule has 3 aliphatic rings. The minimum atomic E-state index is -5.44. The van der Waals surface area contributed by atoms with E-state index in [4.69, 9.17) is 5.73 Å². The number of fused-ring (bicyclic) bond motifs is 1. The van der Waals surface area contributed by atoms with Gasteiger partial charge in [-0.25, -0.2) is 0 Å². The number of nitrogens with one attached hydrogen (secondary N) is 2. The second kappa shape index (κ2) is 11.2. The number of likely N-dealkylation sites (tertiary alicyclic amines) is 1. The maximum Gasteiger partial charge on any atom is 0.471 e. The monoisotopic (exact) mass is 537 g/mol. The highest BCUT2D eigenvalue weighted by molar-refractivity contribution is 5.96. The van der Waals surface area contributed by atoms with E-state index in [2.05, 4.69) is 10.1 Å². The number of carbonyl (C=O) groups is 4. The van der Waals surface area contributed by atoms with Crippen LogP contribution in [0.3, 0.4) is 0 Å². The van der Waals surface area contributed by atoms with Crippen molar-refractivity contribution in [2.45, 2.75) is 62.9 Å². The van der Waals surface area contributed by atoms with Gasteiger partial charge >= 0.3 is 18.7 Å². The van der Waals surface area contributed by atoms with Crippen LogP contribution in [0.4, 0.5) is 22.0 Å². The Morgan fingerprint density at radius 1 is 1.24 bits per heavy atom. The van der Waals surface area contributed by atoms with Gasteiger partial charge in [0.25, 0.3) is 0 Å². The first-order valence-electron chi connectivity index (χ1n) is 11.9. The summed E-state index contributed by atoms with van der Waals surface area (Å²) in [5.74, 6) is -8.27. The van der Waals surface area contributed by atoms with Crippen molar-refractivity contribution in [3.63, 3.8) is 0 Å². The number of primary amides is 1. The van der Waals surface area contributed by atoms with E-state index in [0.29, 0.717) is 38.6 Å². The number of ether oxygens (including phenoxy) is 1. The third kappa shape index (κ3) is 5.63. The number of alkyl halides is 5. The van der Waals surface area contributed by atoms with E-state index in [1.807, 2.05) is 6.07 Å². The Morgan fingerprint density at radius 2 is 1.95 bits per heavy atom. The predicted molar refractivity (Wildman–Crippen MR) is 114 cm³/mol. The van der Waals surface area contributed by atoms with Gasteiger partial charge in [0.05, 0.1) is 18.6 Å². The fourth-order valence-electron chi connectivity index (χ4n) is 6.07. The molecule has 1 saturated carbocycles. The number of nitrogens with zero attached hydrogens (tertiary/aromatic N) is 2. The summed E-state index contributed by atoms with van der Waals surface area (Å²) >= 11 is 0. The minimum absolute atomic E-state index is 0.147. The highest BCUT2D eigenvalue weighted by atomic mass is 19.4. The van der Waals surface area contributed by atoms with E-state index in [1.165, 1.54) is 5.32 Å². The van der Waals surface area contributed by atoms with Crippen LogP contribution < -0.4 is 16.4 Å². The molecular weight excluding hydrogens is 509 g/mol. The maximum atomic E-state index is 13.6. The third-order valence-electron chi connectivity index (χ3n) is 7.61. The molecule has 3 rings (SSSR count). The first-order valence-corrected chi connectivity index (χ1v) is 11.9. The Balaban J connectivity index is 2.02. The largest absolute Gasteiger partial charge is 0.471 e. The molecule has 0 radical (unpaired) electrons. The number of carbonyl (C=O) groups excluding carboxylic acids is 4. The molecule has 0 spiro atoms. The van der Waals surface area contributed by atoms with Gasteiger partial charge in [0, 0.05) is 19.0 Å². The predicted octanol–water partition coefficient (Wildman–Crippen LogP) is 0.811. The summed E-state index contributed by atoms with van der Waals surface area (Å²) in [4.78, 5) is 51.5. The Morgan fingerprint density at radius 3 is 2.51 bits per heavy atom. The van der Waals surface area contributed by atoms with Gasteiger partial charge in [0.15, 0.2) is 0 Å². The molecule has 37 heavy (non-hydrogen) atoms. The number of rotatable bonds is 9. The van der Waals surface area contributed by atoms with Gasteiger partial charge in [-0.15, -0.1) is 0 Å². The number of nitriles is 1. The number of nitrogens with two attached hydrogens (primary N) is 1. The van der Waals surface area contributed by atoms with E-state index in [0.717, 1.165) is 4.90 Å². The van der Waals surface area contributed by atoms with Crippen molar-refractivity contribution in [1.82, 2.24) is 15.5 Å².